The smallest absolute Gasteiger partial charge is 0.346 e. The molecule has 0 aliphatic carbocycles. The van der Waals surface area contributed by atoms with E-state index >= 15 is 0 Å². The molecule has 2 N–H and O–H groups in total. The molecule has 3 rings (SSSR count). The fourth-order valence-corrected chi connectivity index (χ4v) is 2.52. The maximum absolute atomic E-state index is 13.6. The molecule has 0 aromatic heterocycles. The third kappa shape index (κ3) is 5.83. The minimum absolute atomic E-state index is 0.167. The fraction of sp³-hybridized carbons (Fsp3) is 0.0435. The molecule has 0 bridgehead atoms. The number of carbonyl (C=O) groups is 3. The van der Waals surface area contributed by atoms with Crippen molar-refractivity contribution < 1.29 is 23.5 Å². The van der Waals surface area contributed by atoms with Crippen LogP contribution < -0.4 is 15.5 Å². The topological polar surface area (TPSA) is 96.9 Å². The Morgan fingerprint density at radius 1 is 0.903 bits per heavy atom. The lowest BCUT2D eigenvalue weighted by molar-refractivity contribution is -0.136. The minimum atomic E-state index is -0.921. The molecular weight excluding hydrogens is 401 g/mol. The molecule has 0 radical (unpaired) electrons. The number of benzene rings is 3. The predicted octanol–water partition coefficient (Wildman–Crippen LogP) is 3.44. The van der Waals surface area contributed by atoms with Crippen molar-refractivity contribution in [3.05, 3.63) is 95.3 Å². The number of para-hydroxylation sites is 1. The second-order valence-corrected chi connectivity index (χ2v) is 6.41. The van der Waals surface area contributed by atoms with Gasteiger partial charge in [-0.05, 0) is 60.5 Å². The van der Waals surface area contributed by atoms with E-state index in [2.05, 4.69) is 15.8 Å². The summed E-state index contributed by atoms with van der Waals surface area (Å²) in [6, 6.07) is 18.7. The largest absolute Gasteiger partial charge is 0.423 e. The summed E-state index contributed by atoms with van der Waals surface area (Å²) in [5.74, 6) is -3.03. The van der Waals surface area contributed by atoms with Crippen molar-refractivity contribution in [3.8, 4) is 5.75 Å². The monoisotopic (exact) mass is 419 g/mol. The van der Waals surface area contributed by atoms with E-state index in [9.17, 15) is 18.8 Å². The summed E-state index contributed by atoms with van der Waals surface area (Å²) in [5.41, 5.74) is 3.90. The zero-order valence-electron chi connectivity index (χ0n) is 16.5. The number of carbonyl (C=O) groups excluding carboxylic acids is 3. The lowest BCUT2D eigenvalue weighted by Gasteiger charge is -2.06. The van der Waals surface area contributed by atoms with Crippen molar-refractivity contribution in [3.63, 3.8) is 0 Å². The average molecular weight is 419 g/mol. The van der Waals surface area contributed by atoms with E-state index in [-0.39, 0.29) is 11.3 Å². The number of esters is 1. The quantitative estimate of drug-likeness (QED) is 0.218. The van der Waals surface area contributed by atoms with Crippen LogP contribution in [0.4, 0.5) is 10.1 Å². The van der Waals surface area contributed by atoms with Gasteiger partial charge in [-0.1, -0.05) is 30.3 Å². The van der Waals surface area contributed by atoms with Crippen molar-refractivity contribution in [1.82, 2.24) is 5.43 Å². The van der Waals surface area contributed by atoms with Crippen molar-refractivity contribution in [2.75, 3.05) is 5.32 Å². The summed E-state index contributed by atoms with van der Waals surface area (Å²) < 4.78 is 18.8. The first-order valence-corrected chi connectivity index (χ1v) is 9.21. The van der Waals surface area contributed by atoms with E-state index in [1.54, 1.807) is 24.3 Å². The highest BCUT2D eigenvalue weighted by Crippen LogP contribution is 2.15. The molecule has 0 saturated carbocycles. The van der Waals surface area contributed by atoms with Crippen LogP contribution in [0.1, 0.15) is 21.5 Å². The summed E-state index contributed by atoms with van der Waals surface area (Å²) in [4.78, 5) is 35.8. The van der Waals surface area contributed by atoms with Crippen LogP contribution in [0.3, 0.4) is 0 Å². The van der Waals surface area contributed by atoms with Gasteiger partial charge in [0.15, 0.2) is 0 Å². The molecule has 0 fully saturated rings. The summed E-state index contributed by atoms with van der Waals surface area (Å²) >= 11 is 0. The normalized spacial score (nSPS) is 10.5. The molecule has 0 aliphatic heterocycles. The Bertz CT molecular complexity index is 1140. The van der Waals surface area contributed by atoms with Crippen LogP contribution in [0, 0.1) is 12.7 Å². The van der Waals surface area contributed by atoms with Crippen LogP contribution in [-0.2, 0) is 9.59 Å². The van der Waals surface area contributed by atoms with Gasteiger partial charge >= 0.3 is 17.8 Å². The van der Waals surface area contributed by atoms with Gasteiger partial charge in [0.1, 0.15) is 11.6 Å². The average Bonchev–Trinajstić information content (AvgIpc) is 2.76. The molecule has 0 spiro atoms. The Hall–Kier alpha value is -4.33. The van der Waals surface area contributed by atoms with Gasteiger partial charge in [-0.25, -0.2) is 14.6 Å². The number of nitrogens with zero attached hydrogens (tertiary/aromatic N) is 1. The van der Waals surface area contributed by atoms with Gasteiger partial charge in [0.25, 0.3) is 0 Å². The van der Waals surface area contributed by atoms with Gasteiger partial charge in [0.2, 0.25) is 0 Å². The number of hydrazone groups is 1. The first-order valence-electron chi connectivity index (χ1n) is 9.21. The maximum Gasteiger partial charge on any atom is 0.346 e. The van der Waals surface area contributed by atoms with Crippen molar-refractivity contribution in [2.45, 2.75) is 6.92 Å². The van der Waals surface area contributed by atoms with Crippen molar-refractivity contribution >= 4 is 29.7 Å². The molecule has 3 aromatic carbocycles. The van der Waals surface area contributed by atoms with Crippen molar-refractivity contribution in [1.29, 1.82) is 0 Å². The second-order valence-electron chi connectivity index (χ2n) is 6.41. The zero-order valence-corrected chi connectivity index (χ0v) is 16.5. The lowest BCUT2D eigenvalue weighted by atomic mass is 10.2. The van der Waals surface area contributed by atoms with Gasteiger partial charge in [0.05, 0.1) is 11.8 Å². The Morgan fingerprint density at radius 3 is 2.29 bits per heavy atom. The Morgan fingerprint density at radius 2 is 1.58 bits per heavy atom. The van der Waals surface area contributed by atoms with E-state index in [0.29, 0.717) is 11.3 Å². The Balaban J connectivity index is 1.53. The summed E-state index contributed by atoms with van der Waals surface area (Å²) in [6.45, 7) is 1.81. The first kappa shape index (κ1) is 21.4. The van der Waals surface area contributed by atoms with E-state index in [1.165, 1.54) is 42.6 Å². The number of hydrogen-bond donors (Lipinski definition) is 2. The van der Waals surface area contributed by atoms with E-state index in [4.69, 9.17) is 4.74 Å². The summed E-state index contributed by atoms with van der Waals surface area (Å²) in [5, 5.41) is 6.24. The third-order valence-corrected chi connectivity index (χ3v) is 4.16. The number of anilines is 1. The molecule has 31 heavy (non-hydrogen) atoms. The molecule has 8 heteroatoms. The molecule has 0 unspecified atom stereocenters. The number of hydrogen-bond acceptors (Lipinski definition) is 5. The molecule has 0 saturated heterocycles. The number of amides is 2. The van der Waals surface area contributed by atoms with Gasteiger partial charge in [-0.3, -0.25) is 9.59 Å². The van der Waals surface area contributed by atoms with Crippen LogP contribution >= 0.6 is 0 Å². The first-order chi connectivity index (χ1) is 14.9. The standard InChI is InChI=1S/C23H18FN3O4/c1-15-6-2-5-9-20(15)26-21(28)22(29)27-25-14-16-10-12-17(13-11-16)31-23(30)18-7-3-4-8-19(18)24/h2-14H,1H3,(H,26,28)(H,27,29)/b25-14-. The highest BCUT2D eigenvalue weighted by atomic mass is 19.1. The van der Waals surface area contributed by atoms with Gasteiger partial charge < -0.3 is 10.1 Å². The van der Waals surface area contributed by atoms with Gasteiger partial charge in [-0.15, -0.1) is 0 Å². The molecule has 0 atom stereocenters. The number of rotatable bonds is 5. The highest BCUT2D eigenvalue weighted by Gasteiger charge is 2.14. The van der Waals surface area contributed by atoms with E-state index in [0.717, 1.165) is 5.56 Å². The summed E-state index contributed by atoms with van der Waals surface area (Å²) in [6.07, 6.45) is 1.32. The lowest BCUT2D eigenvalue weighted by Crippen LogP contribution is -2.32. The molecular formula is C23H18FN3O4. The van der Waals surface area contributed by atoms with Crippen LogP contribution in [0.2, 0.25) is 0 Å². The Kier molecular flexibility index (Phi) is 6.85. The van der Waals surface area contributed by atoms with Gasteiger partial charge in [0, 0.05) is 5.69 Å². The maximum atomic E-state index is 13.6. The van der Waals surface area contributed by atoms with Crippen LogP contribution in [0.25, 0.3) is 0 Å². The van der Waals surface area contributed by atoms with E-state index in [1.807, 2.05) is 19.1 Å². The predicted molar refractivity (Wildman–Crippen MR) is 113 cm³/mol. The van der Waals surface area contributed by atoms with Crippen LogP contribution in [-0.4, -0.2) is 24.0 Å². The van der Waals surface area contributed by atoms with Gasteiger partial charge in [-0.2, -0.15) is 5.10 Å². The SMILES string of the molecule is Cc1ccccc1NC(=O)C(=O)N/N=C\c1ccc(OC(=O)c2ccccc2F)cc1. The molecule has 156 valence electrons. The Labute approximate surface area is 177 Å². The van der Waals surface area contributed by atoms with Crippen molar-refractivity contribution in [2.24, 2.45) is 5.10 Å². The number of aryl methyl sites for hydroxylation is 1. The zero-order chi connectivity index (χ0) is 22.2. The van der Waals surface area contributed by atoms with Crippen LogP contribution in [0.5, 0.6) is 5.75 Å². The fourth-order valence-electron chi connectivity index (χ4n) is 2.52. The molecule has 2 amide bonds. The minimum Gasteiger partial charge on any atom is -0.423 e. The molecule has 7 nitrogen and oxygen atoms in total. The number of nitrogens with one attached hydrogen (secondary N) is 2. The molecule has 3 aromatic rings. The molecule has 0 heterocycles. The van der Waals surface area contributed by atoms with Crippen LogP contribution in [0.15, 0.2) is 77.9 Å². The second kappa shape index (κ2) is 9.93. The molecule has 0 aliphatic rings. The number of ether oxygens (including phenoxy) is 1. The third-order valence-electron chi connectivity index (χ3n) is 4.16. The summed E-state index contributed by atoms with van der Waals surface area (Å²) in [7, 11) is 0. The highest BCUT2D eigenvalue weighted by molar-refractivity contribution is 6.39. The van der Waals surface area contributed by atoms with E-state index < -0.39 is 23.6 Å². The number of halogens is 1.